The fourth-order valence-electron chi connectivity index (χ4n) is 5.44. The third-order valence-electron chi connectivity index (χ3n) is 7.35. The van der Waals surface area contributed by atoms with Crippen LogP contribution in [0.5, 0.6) is 11.5 Å². The summed E-state index contributed by atoms with van der Waals surface area (Å²) in [6, 6.07) is 7.04. The van der Waals surface area contributed by atoms with Crippen molar-refractivity contribution in [3.63, 3.8) is 0 Å². The number of rotatable bonds is 10. The standard InChI is InChI=1S/C32H44O7.C2H4O/c1-20-24(33)13-9-22(28(20)30(3,4)5)11-15-26(35)38-32(17-18-32)19-37-39-27(36)16-12-23-10-14-25(34)21(2)29(23)31(6,7)8;1-2-3/h9-10,13-14,33-34H,11-12,15-19H2,1-8H3;1-2H2. The molecule has 1 fully saturated rings. The quantitative estimate of drug-likeness (QED) is 0.182. The van der Waals surface area contributed by atoms with Crippen LogP contribution in [0.4, 0.5) is 0 Å². The van der Waals surface area contributed by atoms with Crippen LogP contribution >= 0.6 is 0 Å². The first-order valence-electron chi connectivity index (χ1n) is 14.5. The number of phenols is 2. The SMILES string of the molecule is Cc1c(O)ccc(CCC(=O)OOCC2(OC(=O)CCc3ccc(O)c(C)c3C(C)(C)C)CC2)c1C(C)(C)C.[CH2]C[O]. The Bertz CT molecular complexity index is 1230. The molecule has 8 heteroatoms. The highest BCUT2D eigenvalue weighted by Crippen LogP contribution is 2.41. The minimum Gasteiger partial charge on any atom is -0.508 e. The fraction of sp³-hybridized carbons (Fsp3) is 0.559. The van der Waals surface area contributed by atoms with Crippen LogP contribution in [0.3, 0.4) is 0 Å². The summed E-state index contributed by atoms with van der Waals surface area (Å²) < 4.78 is 5.71. The van der Waals surface area contributed by atoms with Gasteiger partial charge in [0.1, 0.15) is 23.7 Å². The van der Waals surface area contributed by atoms with Gasteiger partial charge in [0, 0.05) is 6.42 Å². The first-order chi connectivity index (χ1) is 19.5. The number of aryl methyl sites for hydroxylation is 2. The third-order valence-corrected chi connectivity index (χ3v) is 7.35. The van der Waals surface area contributed by atoms with Gasteiger partial charge in [-0.05, 0) is 103 Å². The van der Waals surface area contributed by atoms with Gasteiger partial charge >= 0.3 is 11.9 Å². The highest BCUT2D eigenvalue weighted by atomic mass is 17.2. The lowest BCUT2D eigenvalue weighted by atomic mass is 9.79. The molecule has 0 amide bonds. The highest BCUT2D eigenvalue weighted by molar-refractivity contribution is 5.71. The van der Waals surface area contributed by atoms with E-state index in [0.717, 1.165) is 33.4 Å². The molecule has 0 aromatic heterocycles. The van der Waals surface area contributed by atoms with Gasteiger partial charge in [-0.3, -0.25) is 9.68 Å². The Hall–Kier alpha value is -3.10. The Morgan fingerprint density at radius 3 is 1.60 bits per heavy atom. The summed E-state index contributed by atoms with van der Waals surface area (Å²) in [5.41, 5.74) is 4.62. The van der Waals surface area contributed by atoms with E-state index in [4.69, 9.17) is 19.6 Å². The molecule has 0 aliphatic heterocycles. The van der Waals surface area contributed by atoms with Crippen LogP contribution in [0, 0.1) is 20.8 Å². The maximum Gasteiger partial charge on any atom is 0.342 e. The molecular weight excluding hydrogens is 536 g/mol. The molecule has 42 heavy (non-hydrogen) atoms. The summed E-state index contributed by atoms with van der Waals surface area (Å²) in [6.07, 6.45) is 2.61. The molecule has 2 radical (unpaired) electrons. The molecule has 2 N–H and O–H groups in total. The number of phenolic OH excluding ortho intramolecular Hbond substituents is 2. The van der Waals surface area contributed by atoms with Crippen LogP contribution < -0.4 is 0 Å². The number of hydrogen-bond donors (Lipinski definition) is 2. The summed E-state index contributed by atoms with van der Waals surface area (Å²) in [6.45, 7) is 18.9. The third kappa shape index (κ3) is 9.73. The van der Waals surface area contributed by atoms with Crippen molar-refractivity contribution < 1.29 is 39.4 Å². The monoisotopic (exact) mass is 584 g/mol. The van der Waals surface area contributed by atoms with E-state index in [-0.39, 0.29) is 54.4 Å². The molecule has 0 atom stereocenters. The second-order valence-corrected chi connectivity index (χ2v) is 13.1. The zero-order valence-electron chi connectivity index (χ0n) is 26.5. The topological polar surface area (TPSA) is 122 Å². The van der Waals surface area contributed by atoms with Gasteiger partial charge in [-0.1, -0.05) is 53.7 Å². The van der Waals surface area contributed by atoms with Crippen molar-refractivity contribution >= 4 is 11.9 Å². The zero-order valence-corrected chi connectivity index (χ0v) is 26.5. The van der Waals surface area contributed by atoms with Crippen LogP contribution in [0.2, 0.25) is 0 Å². The van der Waals surface area contributed by atoms with Crippen molar-refractivity contribution in [3.8, 4) is 11.5 Å². The highest BCUT2D eigenvalue weighted by Gasteiger charge is 2.48. The lowest BCUT2D eigenvalue weighted by Crippen LogP contribution is -2.26. The van der Waals surface area contributed by atoms with Crippen molar-refractivity contribution in [2.45, 2.75) is 110 Å². The first-order valence-corrected chi connectivity index (χ1v) is 14.5. The predicted molar refractivity (Wildman–Crippen MR) is 161 cm³/mol. The number of ether oxygens (including phenoxy) is 1. The van der Waals surface area contributed by atoms with E-state index in [9.17, 15) is 19.8 Å². The molecular formula is C34H48O8. The summed E-state index contributed by atoms with van der Waals surface area (Å²) >= 11 is 0. The number of hydrogen-bond acceptors (Lipinski definition) is 7. The number of benzene rings is 2. The number of esters is 1. The number of carbonyl (C=O) groups excluding carboxylic acids is 2. The molecule has 0 bridgehead atoms. The lowest BCUT2D eigenvalue weighted by Gasteiger charge is -2.26. The van der Waals surface area contributed by atoms with Gasteiger partial charge in [-0.2, -0.15) is 4.89 Å². The van der Waals surface area contributed by atoms with E-state index in [0.29, 0.717) is 25.7 Å². The molecule has 0 unspecified atom stereocenters. The van der Waals surface area contributed by atoms with E-state index >= 15 is 0 Å². The van der Waals surface area contributed by atoms with E-state index in [1.165, 1.54) is 0 Å². The van der Waals surface area contributed by atoms with E-state index in [1.54, 1.807) is 12.1 Å². The predicted octanol–water partition coefficient (Wildman–Crippen LogP) is 6.68. The molecule has 1 aliphatic carbocycles. The number of aromatic hydroxyl groups is 2. The van der Waals surface area contributed by atoms with Gasteiger partial charge in [0.05, 0.1) is 13.0 Å². The largest absolute Gasteiger partial charge is 0.508 e. The molecule has 1 saturated carbocycles. The van der Waals surface area contributed by atoms with Crippen molar-refractivity contribution in [1.29, 1.82) is 0 Å². The minimum absolute atomic E-state index is 0.00158. The van der Waals surface area contributed by atoms with Gasteiger partial charge in [0.25, 0.3) is 0 Å². The summed E-state index contributed by atoms with van der Waals surface area (Å²) in [5, 5.41) is 29.1. The number of carbonyl (C=O) groups is 2. The Balaban J connectivity index is 0.00000197. The maximum atomic E-state index is 12.7. The van der Waals surface area contributed by atoms with Crippen molar-refractivity contribution in [2.75, 3.05) is 13.2 Å². The second kappa shape index (κ2) is 14.4. The van der Waals surface area contributed by atoms with Crippen LogP contribution in [-0.2, 0) is 52.9 Å². The Morgan fingerprint density at radius 1 is 0.810 bits per heavy atom. The van der Waals surface area contributed by atoms with Crippen LogP contribution in [0.15, 0.2) is 24.3 Å². The summed E-state index contributed by atoms with van der Waals surface area (Å²) in [5.74, 6) is -0.333. The van der Waals surface area contributed by atoms with Crippen LogP contribution in [-0.4, -0.2) is 41.0 Å². The van der Waals surface area contributed by atoms with Gasteiger partial charge in [-0.15, -0.1) is 0 Å². The molecule has 2 aromatic rings. The first kappa shape index (κ1) is 35.1. The van der Waals surface area contributed by atoms with Crippen LogP contribution in [0.25, 0.3) is 0 Å². The molecule has 2 aromatic carbocycles. The molecule has 232 valence electrons. The van der Waals surface area contributed by atoms with Crippen molar-refractivity contribution in [1.82, 2.24) is 0 Å². The van der Waals surface area contributed by atoms with Crippen molar-refractivity contribution in [3.05, 3.63) is 64.6 Å². The zero-order chi connectivity index (χ0) is 31.9. The van der Waals surface area contributed by atoms with Gasteiger partial charge in [0.15, 0.2) is 0 Å². The van der Waals surface area contributed by atoms with E-state index < -0.39 is 11.6 Å². The second-order valence-electron chi connectivity index (χ2n) is 13.1. The molecule has 0 spiro atoms. The van der Waals surface area contributed by atoms with E-state index in [2.05, 4.69) is 48.5 Å². The van der Waals surface area contributed by atoms with Crippen LogP contribution in [0.1, 0.15) is 101 Å². The molecule has 8 nitrogen and oxygen atoms in total. The fourth-order valence-corrected chi connectivity index (χ4v) is 5.44. The van der Waals surface area contributed by atoms with Gasteiger partial charge in [-0.25, -0.2) is 9.90 Å². The van der Waals surface area contributed by atoms with Crippen molar-refractivity contribution in [2.24, 2.45) is 0 Å². The molecule has 3 rings (SSSR count). The smallest absolute Gasteiger partial charge is 0.342 e. The Morgan fingerprint density at radius 2 is 1.21 bits per heavy atom. The molecule has 1 aliphatic rings. The van der Waals surface area contributed by atoms with Gasteiger partial charge < -0.3 is 14.9 Å². The minimum atomic E-state index is -0.747. The lowest BCUT2D eigenvalue weighted by molar-refractivity contribution is -0.285. The summed E-state index contributed by atoms with van der Waals surface area (Å²) in [7, 11) is 0. The average Bonchev–Trinajstić information content (AvgIpc) is 3.63. The average molecular weight is 585 g/mol. The Labute approximate surface area is 250 Å². The summed E-state index contributed by atoms with van der Waals surface area (Å²) in [4.78, 5) is 35.2. The molecule has 0 heterocycles. The van der Waals surface area contributed by atoms with Gasteiger partial charge in [0.2, 0.25) is 0 Å². The normalized spacial score (nSPS) is 14.0. The Kier molecular flexibility index (Phi) is 12.0. The molecule has 0 saturated heterocycles. The maximum absolute atomic E-state index is 12.7. The van der Waals surface area contributed by atoms with E-state index in [1.807, 2.05) is 26.0 Å².